The lowest BCUT2D eigenvalue weighted by atomic mass is 9.92. The maximum Gasteiger partial charge on any atom is 0.410 e. The van der Waals surface area contributed by atoms with Gasteiger partial charge in [-0.1, -0.05) is 20.8 Å². The van der Waals surface area contributed by atoms with E-state index in [1.54, 1.807) is 6.92 Å². The van der Waals surface area contributed by atoms with E-state index in [0.717, 1.165) is 4.68 Å². The molecule has 0 amide bonds. The Bertz CT molecular complexity index is 488. The number of hydrogen-bond acceptors (Lipinski definition) is 2. The first-order chi connectivity index (χ1) is 8.51. The van der Waals surface area contributed by atoms with Crippen LogP contribution in [0.3, 0.4) is 0 Å². The highest BCUT2D eigenvalue weighted by Crippen LogP contribution is 2.44. The molecule has 0 aliphatic carbocycles. The third-order valence-electron chi connectivity index (χ3n) is 3.20. The Balaban J connectivity index is 2.57. The second kappa shape index (κ2) is 4.40. The van der Waals surface area contributed by atoms with Crippen LogP contribution in [0.1, 0.15) is 45.9 Å². The van der Waals surface area contributed by atoms with Crippen molar-refractivity contribution in [1.29, 1.82) is 0 Å². The average molecular weight is 340 g/mol. The van der Waals surface area contributed by atoms with Crippen LogP contribution in [0.2, 0.25) is 0 Å². The van der Waals surface area contributed by atoms with Crippen LogP contribution in [0.5, 0.6) is 0 Å². The Morgan fingerprint density at radius 3 is 2.37 bits per heavy atom. The molecule has 0 fully saturated rings. The number of rotatable bonds is 0. The Hall–Kier alpha value is -0.720. The van der Waals surface area contributed by atoms with Gasteiger partial charge in [0, 0.05) is 11.5 Å². The average Bonchev–Trinajstić information content (AvgIpc) is 2.53. The lowest BCUT2D eigenvalue weighted by Crippen LogP contribution is -2.38. The molecule has 1 aromatic rings. The van der Waals surface area contributed by atoms with Gasteiger partial charge < -0.3 is 5.32 Å². The van der Waals surface area contributed by atoms with Crippen molar-refractivity contribution in [1.82, 2.24) is 9.78 Å². The zero-order chi connectivity index (χ0) is 14.6. The van der Waals surface area contributed by atoms with E-state index in [-0.39, 0.29) is 17.9 Å². The molecule has 0 radical (unpaired) electrons. The number of aromatic nitrogens is 2. The van der Waals surface area contributed by atoms with Gasteiger partial charge in [0.25, 0.3) is 0 Å². The third kappa shape index (κ3) is 2.61. The molecular formula is C12H17BrF3N3. The SMILES string of the molecule is CC1CC(C(F)(F)F)n2nc(C(C)(C)C)c(Br)c2N1. The second-order valence-electron chi connectivity index (χ2n) is 6.04. The van der Waals surface area contributed by atoms with Crippen molar-refractivity contribution in [3.05, 3.63) is 10.2 Å². The summed E-state index contributed by atoms with van der Waals surface area (Å²) in [6, 6.07) is -1.80. The highest BCUT2D eigenvalue weighted by molar-refractivity contribution is 9.10. The van der Waals surface area contributed by atoms with Gasteiger partial charge in [-0.2, -0.15) is 18.3 Å². The van der Waals surface area contributed by atoms with Crippen molar-refractivity contribution < 1.29 is 13.2 Å². The summed E-state index contributed by atoms with van der Waals surface area (Å²) in [6.45, 7) is 7.53. The summed E-state index contributed by atoms with van der Waals surface area (Å²) in [5, 5.41) is 7.27. The van der Waals surface area contributed by atoms with Gasteiger partial charge in [-0.25, -0.2) is 4.68 Å². The summed E-state index contributed by atoms with van der Waals surface area (Å²) in [7, 11) is 0. The lowest BCUT2D eigenvalue weighted by Gasteiger charge is -2.31. The quantitative estimate of drug-likeness (QED) is 0.765. The molecule has 7 heteroatoms. The van der Waals surface area contributed by atoms with E-state index in [0.29, 0.717) is 16.0 Å². The summed E-state index contributed by atoms with van der Waals surface area (Å²) < 4.78 is 41.1. The Labute approximate surface area is 118 Å². The zero-order valence-corrected chi connectivity index (χ0v) is 12.9. The molecular weight excluding hydrogens is 323 g/mol. The molecule has 3 nitrogen and oxygen atoms in total. The first-order valence-electron chi connectivity index (χ1n) is 6.13. The Morgan fingerprint density at radius 1 is 1.32 bits per heavy atom. The van der Waals surface area contributed by atoms with Gasteiger partial charge in [-0.15, -0.1) is 0 Å². The molecule has 1 aliphatic rings. The number of fused-ring (bicyclic) bond motifs is 1. The Morgan fingerprint density at radius 2 is 1.89 bits per heavy atom. The lowest BCUT2D eigenvalue weighted by molar-refractivity contribution is -0.173. The van der Waals surface area contributed by atoms with Gasteiger partial charge in [0.1, 0.15) is 5.82 Å². The first kappa shape index (κ1) is 14.7. The predicted octanol–water partition coefficient (Wildman–Crippen LogP) is 4.25. The van der Waals surface area contributed by atoms with Crippen molar-refractivity contribution in [3.63, 3.8) is 0 Å². The van der Waals surface area contributed by atoms with Gasteiger partial charge >= 0.3 is 6.18 Å². The fraction of sp³-hybridized carbons (Fsp3) is 0.750. The molecule has 1 aliphatic heterocycles. The van der Waals surface area contributed by atoms with E-state index in [1.807, 2.05) is 20.8 Å². The Kier molecular flexibility index (Phi) is 3.40. The van der Waals surface area contributed by atoms with Crippen molar-refractivity contribution >= 4 is 21.7 Å². The van der Waals surface area contributed by atoms with Crippen LogP contribution in [0.25, 0.3) is 0 Å². The van der Waals surface area contributed by atoms with Crippen molar-refractivity contribution in [3.8, 4) is 0 Å². The minimum Gasteiger partial charge on any atom is -0.367 e. The molecule has 1 N–H and O–H groups in total. The van der Waals surface area contributed by atoms with Crippen LogP contribution in [0.15, 0.2) is 4.47 Å². The fourth-order valence-electron chi connectivity index (χ4n) is 2.25. The van der Waals surface area contributed by atoms with Crippen LogP contribution in [0.4, 0.5) is 19.0 Å². The standard InChI is InChI=1S/C12H17BrF3N3/c1-6-5-7(12(14,15)16)19-10(17-6)8(13)9(18-19)11(2,3)4/h6-7,17H,5H2,1-4H3. The van der Waals surface area contributed by atoms with E-state index in [2.05, 4.69) is 26.3 Å². The van der Waals surface area contributed by atoms with Gasteiger partial charge in [0.05, 0.1) is 10.2 Å². The second-order valence-corrected chi connectivity index (χ2v) is 6.84. The van der Waals surface area contributed by atoms with E-state index in [4.69, 9.17) is 0 Å². The largest absolute Gasteiger partial charge is 0.410 e. The monoisotopic (exact) mass is 339 g/mol. The summed E-state index contributed by atoms with van der Waals surface area (Å²) in [5.74, 6) is 0.422. The number of halogens is 4. The first-order valence-corrected chi connectivity index (χ1v) is 6.93. The molecule has 0 spiro atoms. The summed E-state index contributed by atoms with van der Waals surface area (Å²) in [4.78, 5) is 0. The minimum absolute atomic E-state index is 0.00575. The van der Waals surface area contributed by atoms with Crippen molar-refractivity contribution in [2.75, 3.05) is 5.32 Å². The molecule has 2 atom stereocenters. The summed E-state index contributed by atoms with van der Waals surface area (Å²) in [5.41, 5.74) is 0.322. The summed E-state index contributed by atoms with van der Waals surface area (Å²) >= 11 is 3.38. The number of nitrogens with one attached hydrogen (secondary N) is 1. The molecule has 19 heavy (non-hydrogen) atoms. The molecule has 2 rings (SSSR count). The van der Waals surface area contributed by atoms with Gasteiger partial charge in [-0.3, -0.25) is 0 Å². The molecule has 0 saturated carbocycles. The third-order valence-corrected chi connectivity index (χ3v) is 3.95. The number of nitrogens with zero attached hydrogens (tertiary/aromatic N) is 2. The van der Waals surface area contributed by atoms with Crippen LogP contribution >= 0.6 is 15.9 Å². The van der Waals surface area contributed by atoms with Crippen molar-refractivity contribution in [2.45, 2.75) is 57.8 Å². The van der Waals surface area contributed by atoms with Gasteiger partial charge in [-0.05, 0) is 29.3 Å². The normalized spacial score (nSPS) is 24.0. The highest BCUT2D eigenvalue weighted by Gasteiger charge is 2.46. The number of hydrogen-bond donors (Lipinski definition) is 1. The maximum absolute atomic E-state index is 13.1. The van der Waals surface area contributed by atoms with Crippen LogP contribution in [-0.4, -0.2) is 22.0 Å². The number of alkyl halides is 3. The van der Waals surface area contributed by atoms with E-state index in [1.165, 1.54) is 0 Å². The highest BCUT2D eigenvalue weighted by atomic mass is 79.9. The van der Waals surface area contributed by atoms with E-state index >= 15 is 0 Å². The minimum atomic E-state index is -4.29. The summed E-state index contributed by atoms with van der Waals surface area (Å²) in [6.07, 6.45) is -4.29. The fourth-order valence-corrected chi connectivity index (χ4v) is 3.22. The van der Waals surface area contributed by atoms with Gasteiger partial charge in [0.2, 0.25) is 0 Å². The molecule has 1 aromatic heterocycles. The van der Waals surface area contributed by atoms with E-state index in [9.17, 15) is 13.2 Å². The van der Waals surface area contributed by atoms with Crippen molar-refractivity contribution in [2.24, 2.45) is 0 Å². The molecule has 0 aromatic carbocycles. The maximum atomic E-state index is 13.1. The van der Waals surface area contributed by atoms with E-state index < -0.39 is 12.2 Å². The predicted molar refractivity (Wildman–Crippen MR) is 71.4 cm³/mol. The molecule has 2 heterocycles. The molecule has 2 unspecified atom stereocenters. The smallest absolute Gasteiger partial charge is 0.367 e. The van der Waals surface area contributed by atoms with Gasteiger partial charge in [0.15, 0.2) is 6.04 Å². The van der Waals surface area contributed by atoms with Crippen LogP contribution < -0.4 is 5.32 Å². The molecule has 0 saturated heterocycles. The topological polar surface area (TPSA) is 29.9 Å². The number of anilines is 1. The molecule has 108 valence electrons. The molecule has 0 bridgehead atoms. The van der Waals surface area contributed by atoms with Crippen LogP contribution in [-0.2, 0) is 5.41 Å². The van der Waals surface area contributed by atoms with Crippen LogP contribution in [0, 0.1) is 0 Å². The zero-order valence-electron chi connectivity index (χ0n) is 11.3.